The lowest BCUT2D eigenvalue weighted by molar-refractivity contribution is -0.193. The van der Waals surface area contributed by atoms with Gasteiger partial charge in [-0.05, 0) is 22.8 Å². The fraction of sp³-hybridized carbons (Fsp3) is 0.310. The first-order valence-corrected chi connectivity index (χ1v) is 12.7. The number of alkyl halides is 2. The molecule has 1 saturated carbocycles. The van der Waals surface area contributed by atoms with E-state index < -0.39 is 48.9 Å². The molecular weight excluding hydrogens is 516 g/mol. The summed E-state index contributed by atoms with van der Waals surface area (Å²) in [6.07, 6.45) is -2.98. The first kappa shape index (κ1) is 26.1. The van der Waals surface area contributed by atoms with Crippen LogP contribution in [0.4, 0.5) is 8.78 Å². The number of hydrogen-bond donors (Lipinski definition) is 1. The molecule has 9 heteroatoms. The maximum absolute atomic E-state index is 13.8. The lowest BCUT2D eigenvalue weighted by Crippen LogP contribution is -2.51. The highest BCUT2D eigenvalue weighted by molar-refractivity contribution is 6.32. The van der Waals surface area contributed by atoms with E-state index in [9.17, 15) is 23.5 Å². The molecule has 1 heterocycles. The summed E-state index contributed by atoms with van der Waals surface area (Å²) in [5, 5.41) is 10.5. The summed E-state index contributed by atoms with van der Waals surface area (Å²) >= 11 is 6.45. The molecule has 0 aromatic heterocycles. The van der Waals surface area contributed by atoms with E-state index in [1.807, 2.05) is 30.3 Å². The van der Waals surface area contributed by atoms with Gasteiger partial charge in [0.1, 0.15) is 18.4 Å². The number of nitrogens with zero attached hydrogens (tertiary/aromatic N) is 1. The van der Waals surface area contributed by atoms with E-state index in [4.69, 9.17) is 21.1 Å². The van der Waals surface area contributed by atoms with Crippen molar-refractivity contribution in [3.8, 4) is 5.75 Å². The Bertz CT molecular complexity index is 1310. The molecule has 198 valence electrons. The normalized spacial score (nSPS) is 19.2. The Morgan fingerprint density at radius 2 is 1.68 bits per heavy atom. The van der Waals surface area contributed by atoms with E-state index in [1.165, 1.54) is 4.90 Å². The second-order valence-corrected chi connectivity index (χ2v) is 10.0. The summed E-state index contributed by atoms with van der Waals surface area (Å²) in [5.41, 5.74) is 2.73. The number of ether oxygens (including phenoxy) is 2. The number of carbonyl (C=O) groups excluding carboxylic acids is 1. The number of rotatable bonds is 8. The van der Waals surface area contributed by atoms with Gasteiger partial charge in [0, 0.05) is 31.4 Å². The number of amides is 1. The van der Waals surface area contributed by atoms with Gasteiger partial charge in [0.15, 0.2) is 6.10 Å². The van der Waals surface area contributed by atoms with Crippen LogP contribution in [0, 0.1) is 0 Å². The van der Waals surface area contributed by atoms with Crippen molar-refractivity contribution in [1.82, 2.24) is 4.90 Å². The standard InChI is InChI=1S/C29H26ClF2NO5/c30-23-12-11-20-16-33(24(28(35)36)13-22(20)26(23)37-17-18-7-3-1-4-8-18)27(34)25(19-9-5-2-6-10-19)38-21-14-29(31,32)15-21/h1-12,21,24-25H,13-17H2,(H,35,36)/t24-,25-/m0/s1. The largest absolute Gasteiger partial charge is 0.487 e. The molecule has 0 saturated heterocycles. The lowest BCUT2D eigenvalue weighted by atomic mass is 9.90. The number of halogens is 3. The zero-order valence-corrected chi connectivity index (χ0v) is 21.1. The smallest absolute Gasteiger partial charge is 0.326 e. The summed E-state index contributed by atoms with van der Waals surface area (Å²) in [4.78, 5) is 27.4. The molecule has 1 fully saturated rings. The molecule has 5 rings (SSSR count). The highest BCUT2D eigenvalue weighted by atomic mass is 35.5. The number of fused-ring (bicyclic) bond motifs is 1. The van der Waals surface area contributed by atoms with E-state index in [-0.39, 0.29) is 19.6 Å². The Labute approximate surface area is 223 Å². The summed E-state index contributed by atoms with van der Waals surface area (Å²) in [6.45, 7) is 0.227. The van der Waals surface area contributed by atoms with Crippen LogP contribution in [0.15, 0.2) is 72.8 Å². The van der Waals surface area contributed by atoms with Gasteiger partial charge in [-0.2, -0.15) is 0 Å². The van der Waals surface area contributed by atoms with E-state index in [1.54, 1.807) is 42.5 Å². The molecule has 1 aliphatic carbocycles. The van der Waals surface area contributed by atoms with Crippen LogP contribution in [0.5, 0.6) is 5.75 Å². The zero-order chi connectivity index (χ0) is 26.9. The van der Waals surface area contributed by atoms with Gasteiger partial charge in [-0.1, -0.05) is 78.3 Å². The van der Waals surface area contributed by atoms with Gasteiger partial charge in [0.25, 0.3) is 11.8 Å². The molecule has 2 aliphatic rings. The van der Waals surface area contributed by atoms with Crippen molar-refractivity contribution in [3.63, 3.8) is 0 Å². The average Bonchev–Trinajstić information content (AvgIpc) is 2.90. The summed E-state index contributed by atoms with van der Waals surface area (Å²) < 4.78 is 38.9. The van der Waals surface area contributed by atoms with Crippen LogP contribution >= 0.6 is 11.6 Å². The molecule has 38 heavy (non-hydrogen) atoms. The Kier molecular flexibility index (Phi) is 7.36. The molecule has 0 spiro atoms. The Balaban J connectivity index is 1.43. The molecular formula is C29H26ClF2NO5. The fourth-order valence-corrected chi connectivity index (χ4v) is 5.13. The maximum atomic E-state index is 13.8. The van der Waals surface area contributed by atoms with Crippen molar-refractivity contribution in [2.24, 2.45) is 0 Å². The van der Waals surface area contributed by atoms with Gasteiger partial charge < -0.3 is 19.5 Å². The summed E-state index contributed by atoms with van der Waals surface area (Å²) in [7, 11) is 0. The fourth-order valence-electron chi connectivity index (χ4n) is 4.90. The van der Waals surface area contributed by atoms with Gasteiger partial charge in [-0.3, -0.25) is 4.79 Å². The molecule has 6 nitrogen and oxygen atoms in total. The minimum absolute atomic E-state index is 0.0164. The highest BCUT2D eigenvalue weighted by Gasteiger charge is 2.49. The summed E-state index contributed by atoms with van der Waals surface area (Å²) in [6, 6.07) is 20.2. The summed E-state index contributed by atoms with van der Waals surface area (Å²) in [5.74, 6) is -4.22. The van der Waals surface area contributed by atoms with Crippen LogP contribution in [0.2, 0.25) is 5.02 Å². The van der Waals surface area contributed by atoms with Crippen LogP contribution in [-0.2, 0) is 33.9 Å². The minimum atomic E-state index is -2.82. The van der Waals surface area contributed by atoms with E-state index in [0.29, 0.717) is 27.5 Å². The van der Waals surface area contributed by atoms with Crippen molar-refractivity contribution >= 4 is 23.5 Å². The predicted molar refractivity (Wildman–Crippen MR) is 136 cm³/mol. The van der Waals surface area contributed by atoms with Crippen LogP contribution in [0.3, 0.4) is 0 Å². The van der Waals surface area contributed by atoms with Crippen LogP contribution in [0.1, 0.15) is 41.2 Å². The first-order chi connectivity index (χ1) is 18.2. The van der Waals surface area contributed by atoms with Gasteiger partial charge >= 0.3 is 5.97 Å². The third-order valence-electron chi connectivity index (χ3n) is 6.93. The number of aliphatic carboxylic acids is 1. The monoisotopic (exact) mass is 541 g/mol. The van der Waals surface area contributed by atoms with Gasteiger partial charge in [0.2, 0.25) is 0 Å². The first-order valence-electron chi connectivity index (χ1n) is 12.3. The van der Waals surface area contributed by atoms with Crippen molar-refractivity contribution in [2.75, 3.05) is 0 Å². The number of carboxylic acid groups (broad SMARTS) is 1. The van der Waals surface area contributed by atoms with Crippen molar-refractivity contribution < 1.29 is 33.0 Å². The molecule has 2 atom stereocenters. The van der Waals surface area contributed by atoms with E-state index >= 15 is 0 Å². The van der Waals surface area contributed by atoms with Crippen molar-refractivity contribution in [2.45, 2.75) is 56.6 Å². The van der Waals surface area contributed by atoms with Crippen molar-refractivity contribution in [3.05, 3.63) is 100 Å². The Morgan fingerprint density at radius 1 is 1.03 bits per heavy atom. The Hall–Kier alpha value is -3.49. The maximum Gasteiger partial charge on any atom is 0.326 e. The molecule has 3 aromatic rings. The van der Waals surface area contributed by atoms with Crippen molar-refractivity contribution in [1.29, 1.82) is 0 Å². The highest BCUT2D eigenvalue weighted by Crippen LogP contribution is 2.43. The minimum Gasteiger partial charge on any atom is -0.487 e. The van der Waals surface area contributed by atoms with Gasteiger partial charge in [0.05, 0.1) is 11.1 Å². The molecule has 0 bridgehead atoms. The van der Waals surface area contributed by atoms with E-state index in [0.717, 1.165) is 5.56 Å². The number of hydrogen-bond acceptors (Lipinski definition) is 4. The average molecular weight is 542 g/mol. The Morgan fingerprint density at radius 3 is 2.32 bits per heavy atom. The predicted octanol–water partition coefficient (Wildman–Crippen LogP) is 5.81. The number of carbonyl (C=O) groups is 2. The SMILES string of the molecule is O=C(O)[C@@H]1Cc2c(ccc(Cl)c2OCc2ccccc2)CN1C(=O)[C@@H](OC1CC(F)(F)C1)c1ccccc1. The van der Waals surface area contributed by atoms with Gasteiger partial charge in [-0.25, -0.2) is 13.6 Å². The quantitative estimate of drug-likeness (QED) is 0.389. The second kappa shape index (κ2) is 10.7. The van der Waals surface area contributed by atoms with Crippen LogP contribution < -0.4 is 4.74 Å². The lowest BCUT2D eigenvalue weighted by Gasteiger charge is -2.40. The number of carboxylic acids is 1. The molecule has 3 aromatic carbocycles. The molecule has 1 amide bonds. The van der Waals surface area contributed by atoms with Gasteiger partial charge in [-0.15, -0.1) is 0 Å². The molecule has 1 aliphatic heterocycles. The molecule has 1 N–H and O–H groups in total. The third kappa shape index (κ3) is 5.51. The van der Waals surface area contributed by atoms with E-state index in [2.05, 4.69) is 0 Å². The third-order valence-corrected chi connectivity index (χ3v) is 7.22. The molecule has 0 radical (unpaired) electrons. The molecule has 0 unspecified atom stereocenters. The van der Waals surface area contributed by atoms with Crippen LogP contribution in [0.25, 0.3) is 0 Å². The zero-order valence-electron chi connectivity index (χ0n) is 20.4. The topological polar surface area (TPSA) is 76.1 Å². The van der Waals surface area contributed by atoms with Crippen LogP contribution in [-0.4, -0.2) is 40.0 Å². The second-order valence-electron chi connectivity index (χ2n) is 9.63. The number of benzene rings is 3.